The van der Waals surface area contributed by atoms with Gasteiger partial charge in [-0.2, -0.15) is 18.3 Å². The summed E-state index contributed by atoms with van der Waals surface area (Å²) in [7, 11) is 0. The number of hydrogen-bond acceptors (Lipinski definition) is 4. The maximum atomic E-state index is 13.7. The van der Waals surface area contributed by atoms with E-state index in [1.807, 2.05) is 6.92 Å². The van der Waals surface area contributed by atoms with Crippen molar-refractivity contribution in [1.29, 1.82) is 0 Å². The minimum Gasteiger partial charge on any atom is -0.481 e. The number of hydrogen-bond donors (Lipinski definition) is 1. The molecular formula is C18H23F3N4O2. The molecule has 0 atom stereocenters. The van der Waals surface area contributed by atoms with Gasteiger partial charge in [-0.1, -0.05) is 6.92 Å². The predicted octanol–water partition coefficient (Wildman–Crippen LogP) is 3.86. The molecule has 2 aromatic heterocycles. The van der Waals surface area contributed by atoms with Crippen LogP contribution in [0, 0.1) is 12.8 Å². The van der Waals surface area contributed by atoms with Crippen molar-refractivity contribution in [2.75, 3.05) is 18.0 Å². The number of aromatic nitrogens is 3. The summed E-state index contributed by atoms with van der Waals surface area (Å²) in [5.74, 6) is -0.537. The summed E-state index contributed by atoms with van der Waals surface area (Å²) >= 11 is 0. The van der Waals surface area contributed by atoms with Crippen LogP contribution < -0.4 is 4.90 Å². The maximum Gasteiger partial charge on any atom is 0.417 e. The summed E-state index contributed by atoms with van der Waals surface area (Å²) < 4.78 is 42.7. The Labute approximate surface area is 155 Å². The van der Waals surface area contributed by atoms with Gasteiger partial charge >= 0.3 is 12.1 Å². The number of nitrogens with zero attached hydrogens (tertiary/aromatic N) is 4. The number of aryl methyl sites for hydroxylation is 2. The second-order valence-corrected chi connectivity index (χ2v) is 7.06. The first-order valence-electron chi connectivity index (χ1n) is 9.12. The van der Waals surface area contributed by atoms with Crippen LogP contribution in [-0.4, -0.2) is 38.9 Å². The molecule has 148 valence electrons. The van der Waals surface area contributed by atoms with Crippen LogP contribution in [0.3, 0.4) is 0 Å². The van der Waals surface area contributed by atoms with E-state index in [1.165, 1.54) is 0 Å². The van der Waals surface area contributed by atoms with Crippen LogP contribution in [0.15, 0.2) is 6.07 Å². The quantitative estimate of drug-likeness (QED) is 0.848. The van der Waals surface area contributed by atoms with Crippen LogP contribution in [0.4, 0.5) is 19.0 Å². The molecule has 0 radical (unpaired) electrons. The van der Waals surface area contributed by atoms with Crippen molar-refractivity contribution in [2.45, 2.75) is 52.3 Å². The van der Waals surface area contributed by atoms with Crippen molar-refractivity contribution in [1.82, 2.24) is 14.8 Å². The summed E-state index contributed by atoms with van der Waals surface area (Å²) in [5, 5.41) is 13.2. The van der Waals surface area contributed by atoms with Crippen LogP contribution in [0.2, 0.25) is 0 Å². The molecule has 0 bridgehead atoms. The lowest BCUT2D eigenvalue weighted by Crippen LogP contribution is -2.35. The third-order valence-electron chi connectivity index (χ3n) is 5.09. The van der Waals surface area contributed by atoms with E-state index in [9.17, 15) is 18.0 Å². The smallest absolute Gasteiger partial charge is 0.417 e. The lowest BCUT2D eigenvalue weighted by atomic mass is 9.93. The SMILES string of the molecule is CCCn1nc2nc(N3CCC(CC(=O)O)CC3)cc(C(F)(F)F)c2c1C. The maximum absolute atomic E-state index is 13.7. The number of aliphatic carboxylic acids is 1. The first-order chi connectivity index (χ1) is 12.7. The van der Waals surface area contributed by atoms with Crippen LogP contribution in [0.1, 0.15) is 43.9 Å². The Morgan fingerprint density at radius 1 is 1.33 bits per heavy atom. The molecule has 1 fully saturated rings. The molecule has 9 heteroatoms. The number of carbonyl (C=O) groups is 1. The fourth-order valence-corrected chi connectivity index (χ4v) is 3.69. The molecule has 2 aromatic rings. The van der Waals surface area contributed by atoms with Gasteiger partial charge in [-0.25, -0.2) is 4.98 Å². The number of piperidine rings is 1. The third kappa shape index (κ3) is 4.01. The van der Waals surface area contributed by atoms with Gasteiger partial charge in [0, 0.05) is 31.7 Å². The zero-order valence-corrected chi connectivity index (χ0v) is 15.4. The van der Waals surface area contributed by atoms with E-state index in [0.29, 0.717) is 38.2 Å². The number of anilines is 1. The van der Waals surface area contributed by atoms with Crippen LogP contribution >= 0.6 is 0 Å². The Balaban J connectivity index is 1.96. The zero-order chi connectivity index (χ0) is 19.8. The van der Waals surface area contributed by atoms with Crippen LogP contribution in [0.25, 0.3) is 11.0 Å². The molecule has 3 rings (SSSR count). The highest BCUT2D eigenvalue weighted by Gasteiger charge is 2.36. The standard InChI is InChI=1S/C18H23F3N4O2/c1-3-6-25-11(2)16-13(18(19,20)21)10-14(22-17(16)23-25)24-7-4-12(5-8-24)9-15(26)27/h10,12H,3-9H2,1-2H3,(H,26,27). The topological polar surface area (TPSA) is 71.2 Å². The van der Waals surface area contributed by atoms with Crippen molar-refractivity contribution in [3.63, 3.8) is 0 Å². The lowest BCUT2D eigenvalue weighted by molar-refractivity contribution is -0.138. The number of rotatable bonds is 5. The fraction of sp³-hybridized carbons (Fsp3) is 0.611. The lowest BCUT2D eigenvalue weighted by Gasteiger charge is -2.32. The number of halogens is 3. The van der Waals surface area contributed by atoms with E-state index in [0.717, 1.165) is 12.5 Å². The van der Waals surface area contributed by atoms with E-state index in [4.69, 9.17) is 5.11 Å². The molecule has 1 aliphatic rings. The number of pyridine rings is 1. The highest BCUT2D eigenvalue weighted by molar-refractivity contribution is 5.84. The van der Waals surface area contributed by atoms with Gasteiger partial charge in [0.1, 0.15) is 5.82 Å². The number of carboxylic acids is 1. The molecule has 0 aliphatic carbocycles. The normalized spacial score (nSPS) is 16.3. The average molecular weight is 384 g/mol. The summed E-state index contributed by atoms with van der Waals surface area (Å²) in [6.45, 7) is 5.09. The molecule has 1 aliphatic heterocycles. The largest absolute Gasteiger partial charge is 0.481 e. The third-order valence-corrected chi connectivity index (χ3v) is 5.09. The molecule has 0 aromatic carbocycles. The Hall–Kier alpha value is -2.32. The zero-order valence-electron chi connectivity index (χ0n) is 15.4. The van der Waals surface area contributed by atoms with E-state index in [2.05, 4.69) is 10.1 Å². The average Bonchev–Trinajstić information content (AvgIpc) is 2.90. The van der Waals surface area contributed by atoms with Crippen molar-refractivity contribution < 1.29 is 23.1 Å². The summed E-state index contributed by atoms with van der Waals surface area (Å²) in [6.07, 6.45) is -2.40. The highest BCUT2D eigenvalue weighted by atomic mass is 19.4. The molecular weight excluding hydrogens is 361 g/mol. The van der Waals surface area contributed by atoms with Crippen molar-refractivity contribution in [2.24, 2.45) is 5.92 Å². The minimum absolute atomic E-state index is 0.0515. The number of fused-ring (bicyclic) bond motifs is 1. The molecule has 1 N–H and O–H groups in total. The van der Waals surface area contributed by atoms with Gasteiger partial charge in [0.25, 0.3) is 0 Å². The van der Waals surface area contributed by atoms with Gasteiger partial charge in [-0.05, 0) is 38.2 Å². The Morgan fingerprint density at radius 3 is 2.56 bits per heavy atom. The van der Waals surface area contributed by atoms with Crippen molar-refractivity contribution in [3.05, 3.63) is 17.3 Å². The summed E-state index contributed by atoms with van der Waals surface area (Å²) in [6, 6.07) is 1.10. The Morgan fingerprint density at radius 2 is 2.00 bits per heavy atom. The predicted molar refractivity (Wildman–Crippen MR) is 94.7 cm³/mol. The Kier molecular flexibility index (Phi) is 5.30. The molecule has 3 heterocycles. The van der Waals surface area contributed by atoms with Gasteiger partial charge in [-0.15, -0.1) is 0 Å². The summed E-state index contributed by atoms with van der Waals surface area (Å²) in [5.41, 5.74) is -0.133. The molecule has 0 amide bonds. The molecule has 0 unspecified atom stereocenters. The van der Waals surface area contributed by atoms with E-state index < -0.39 is 17.7 Å². The number of alkyl halides is 3. The van der Waals surface area contributed by atoms with Gasteiger partial charge in [-0.3, -0.25) is 9.48 Å². The molecule has 6 nitrogen and oxygen atoms in total. The first kappa shape index (κ1) is 19.4. The first-order valence-corrected chi connectivity index (χ1v) is 9.12. The van der Waals surface area contributed by atoms with Crippen LogP contribution in [0.5, 0.6) is 0 Å². The van der Waals surface area contributed by atoms with Gasteiger partial charge in [0.15, 0.2) is 5.65 Å². The van der Waals surface area contributed by atoms with Gasteiger partial charge < -0.3 is 10.0 Å². The van der Waals surface area contributed by atoms with Crippen LogP contribution in [-0.2, 0) is 17.5 Å². The summed E-state index contributed by atoms with van der Waals surface area (Å²) in [4.78, 5) is 17.0. The van der Waals surface area contributed by atoms with E-state index >= 15 is 0 Å². The van der Waals surface area contributed by atoms with Gasteiger partial charge in [0.2, 0.25) is 0 Å². The Bertz CT molecular complexity index is 839. The second-order valence-electron chi connectivity index (χ2n) is 7.06. The monoisotopic (exact) mass is 384 g/mol. The number of carboxylic acid groups (broad SMARTS) is 1. The van der Waals surface area contributed by atoms with Gasteiger partial charge in [0.05, 0.1) is 10.9 Å². The highest BCUT2D eigenvalue weighted by Crippen LogP contribution is 2.38. The molecule has 0 spiro atoms. The van der Waals surface area contributed by atoms with E-state index in [1.54, 1.807) is 16.5 Å². The van der Waals surface area contributed by atoms with Crippen molar-refractivity contribution in [3.8, 4) is 0 Å². The van der Waals surface area contributed by atoms with Crippen molar-refractivity contribution >= 4 is 22.8 Å². The molecule has 1 saturated heterocycles. The molecule has 27 heavy (non-hydrogen) atoms. The minimum atomic E-state index is -4.50. The molecule has 0 saturated carbocycles. The fourth-order valence-electron chi connectivity index (χ4n) is 3.69. The van der Waals surface area contributed by atoms with E-state index in [-0.39, 0.29) is 29.2 Å². The second kappa shape index (κ2) is 7.36.